The molecule has 0 bridgehead atoms. The first-order chi connectivity index (χ1) is 9.38. The van der Waals surface area contributed by atoms with Crippen LogP contribution in [-0.4, -0.2) is 36.3 Å². The Kier molecular flexibility index (Phi) is 4.01. The molecule has 1 aliphatic heterocycles. The van der Waals surface area contributed by atoms with E-state index in [0.717, 1.165) is 31.3 Å². The molecule has 1 saturated carbocycles. The fourth-order valence-corrected chi connectivity index (χ4v) is 3.38. The minimum Gasteiger partial charge on any atom is -0.338 e. The molecule has 1 aliphatic carbocycles. The predicted molar refractivity (Wildman–Crippen MR) is 74.4 cm³/mol. The predicted octanol–water partition coefficient (Wildman–Crippen LogP) is 2.31. The molecular formula is C14H24N4O. The van der Waals surface area contributed by atoms with Crippen molar-refractivity contribution in [2.24, 2.45) is 0 Å². The zero-order valence-corrected chi connectivity index (χ0v) is 11.8. The second kappa shape index (κ2) is 5.90. The van der Waals surface area contributed by atoms with Gasteiger partial charge >= 0.3 is 0 Å². The second-order valence-corrected chi connectivity index (χ2v) is 5.77. The molecule has 2 atom stereocenters. The van der Waals surface area contributed by atoms with E-state index in [1.54, 1.807) is 0 Å². The van der Waals surface area contributed by atoms with Gasteiger partial charge < -0.3 is 14.7 Å². The average molecular weight is 264 g/mol. The van der Waals surface area contributed by atoms with Crippen LogP contribution in [0, 0.1) is 0 Å². The highest BCUT2D eigenvalue weighted by Crippen LogP contribution is 2.34. The molecule has 5 heteroatoms. The minimum atomic E-state index is 0.401. The summed E-state index contributed by atoms with van der Waals surface area (Å²) < 4.78 is 5.53. The molecule has 1 N–H and O–H groups in total. The normalized spacial score (nSPS) is 28.6. The van der Waals surface area contributed by atoms with E-state index in [1.807, 2.05) is 7.05 Å². The standard InChI is InChI=1S/C14H24N4O/c1-15-12-8-6-7-11(12)13-16-14(17-19-13)18-9-4-2-3-5-10-18/h11-12,15H,2-10H2,1H3. The molecule has 5 nitrogen and oxygen atoms in total. The molecule has 2 heterocycles. The molecule has 1 aromatic rings. The lowest BCUT2D eigenvalue weighted by atomic mass is 10.0. The van der Waals surface area contributed by atoms with E-state index in [-0.39, 0.29) is 0 Å². The lowest BCUT2D eigenvalue weighted by Crippen LogP contribution is -2.28. The Balaban J connectivity index is 1.71. The highest BCUT2D eigenvalue weighted by Gasteiger charge is 2.32. The largest absolute Gasteiger partial charge is 0.338 e. The monoisotopic (exact) mass is 264 g/mol. The van der Waals surface area contributed by atoms with Crippen LogP contribution >= 0.6 is 0 Å². The number of anilines is 1. The van der Waals surface area contributed by atoms with Crippen molar-refractivity contribution in [1.29, 1.82) is 0 Å². The van der Waals surface area contributed by atoms with Crippen molar-refractivity contribution >= 4 is 5.95 Å². The van der Waals surface area contributed by atoms with Gasteiger partial charge in [-0.2, -0.15) is 4.98 Å². The molecule has 1 aromatic heterocycles. The molecule has 0 radical (unpaired) electrons. The fraction of sp³-hybridized carbons (Fsp3) is 0.857. The van der Waals surface area contributed by atoms with E-state index >= 15 is 0 Å². The summed E-state index contributed by atoms with van der Waals surface area (Å²) in [6.07, 6.45) is 8.75. The van der Waals surface area contributed by atoms with Gasteiger partial charge in [0.15, 0.2) is 0 Å². The van der Waals surface area contributed by atoms with Gasteiger partial charge in [0, 0.05) is 19.1 Å². The molecule has 0 aromatic carbocycles. The van der Waals surface area contributed by atoms with Crippen molar-refractivity contribution in [3.63, 3.8) is 0 Å². The van der Waals surface area contributed by atoms with Gasteiger partial charge in [-0.1, -0.05) is 19.3 Å². The first-order valence-electron chi connectivity index (χ1n) is 7.64. The Labute approximate surface area is 114 Å². The summed E-state index contributed by atoms with van der Waals surface area (Å²) in [5.74, 6) is 2.04. The molecule has 2 fully saturated rings. The SMILES string of the molecule is CNC1CCCC1c1nc(N2CCCCCC2)no1. The first kappa shape index (κ1) is 12.9. The minimum absolute atomic E-state index is 0.401. The van der Waals surface area contributed by atoms with Gasteiger partial charge in [-0.25, -0.2) is 0 Å². The zero-order chi connectivity index (χ0) is 13.1. The van der Waals surface area contributed by atoms with Gasteiger partial charge in [0.2, 0.25) is 5.89 Å². The van der Waals surface area contributed by atoms with Crippen LogP contribution in [-0.2, 0) is 0 Å². The zero-order valence-electron chi connectivity index (χ0n) is 11.8. The first-order valence-corrected chi connectivity index (χ1v) is 7.64. The van der Waals surface area contributed by atoms with Gasteiger partial charge in [0.1, 0.15) is 0 Å². The summed E-state index contributed by atoms with van der Waals surface area (Å²) >= 11 is 0. The topological polar surface area (TPSA) is 54.2 Å². The van der Waals surface area contributed by atoms with Crippen LogP contribution in [0.2, 0.25) is 0 Å². The third-order valence-electron chi connectivity index (χ3n) is 4.52. The summed E-state index contributed by atoms with van der Waals surface area (Å²) in [5, 5.41) is 7.58. The van der Waals surface area contributed by atoms with Crippen LogP contribution in [0.5, 0.6) is 0 Å². The van der Waals surface area contributed by atoms with Crippen molar-refractivity contribution in [2.75, 3.05) is 25.0 Å². The number of aromatic nitrogens is 2. The smallest absolute Gasteiger partial charge is 0.266 e. The van der Waals surface area contributed by atoms with E-state index in [1.165, 1.54) is 38.5 Å². The van der Waals surface area contributed by atoms with Gasteiger partial charge in [0.25, 0.3) is 5.95 Å². The van der Waals surface area contributed by atoms with E-state index < -0.39 is 0 Å². The third-order valence-corrected chi connectivity index (χ3v) is 4.52. The van der Waals surface area contributed by atoms with Crippen LogP contribution in [0.4, 0.5) is 5.95 Å². The fourth-order valence-electron chi connectivity index (χ4n) is 3.38. The van der Waals surface area contributed by atoms with E-state index in [0.29, 0.717) is 12.0 Å². The Bertz CT molecular complexity index is 398. The molecule has 3 rings (SSSR count). The summed E-state index contributed by atoms with van der Waals surface area (Å²) in [4.78, 5) is 6.95. The van der Waals surface area contributed by atoms with Crippen LogP contribution in [0.15, 0.2) is 4.52 Å². The summed E-state index contributed by atoms with van der Waals surface area (Å²) in [7, 11) is 2.02. The number of rotatable bonds is 3. The molecule has 0 spiro atoms. The lowest BCUT2D eigenvalue weighted by molar-refractivity contribution is 0.334. The van der Waals surface area contributed by atoms with Crippen molar-refractivity contribution < 1.29 is 4.52 Å². The highest BCUT2D eigenvalue weighted by atomic mass is 16.5. The maximum atomic E-state index is 5.53. The maximum absolute atomic E-state index is 5.53. The molecule has 1 saturated heterocycles. The quantitative estimate of drug-likeness (QED) is 0.908. The van der Waals surface area contributed by atoms with Gasteiger partial charge in [-0.3, -0.25) is 0 Å². The number of nitrogens with one attached hydrogen (secondary N) is 1. The van der Waals surface area contributed by atoms with Gasteiger partial charge in [-0.05, 0) is 37.9 Å². The summed E-state index contributed by atoms with van der Waals surface area (Å²) in [5.41, 5.74) is 0. The van der Waals surface area contributed by atoms with Gasteiger partial charge in [-0.15, -0.1) is 0 Å². The van der Waals surface area contributed by atoms with Crippen molar-refractivity contribution in [2.45, 2.75) is 56.9 Å². The molecule has 2 unspecified atom stereocenters. The van der Waals surface area contributed by atoms with Crippen LogP contribution < -0.4 is 10.2 Å². The number of hydrogen-bond donors (Lipinski definition) is 1. The average Bonchev–Trinajstić information content (AvgIpc) is 3.01. The van der Waals surface area contributed by atoms with Crippen LogP contribution in [0.1, 0.15) is 56.8 Å². The highest BCUT2D eigenvalue weighted by molar-refractivity contribution is 5.28. The van der Waals surface area contributed by atoms with Crippen molar-refractivity contribution in [3.8, 4) is 0 Å². The maximum Gasteiger partial charge on any atom is 0.266 e. The van der Waals surface area contributed by atoms with E-state index in [9.17, 15) is 0 Å². The Hall–Kier alpha value is -1.10. The Morgan fingerprint density at radius 1 is 1.11 bits per heavy atom. The second-order valence-electron chi connectivity index (χ2n) is 5.77. The number of hydrogen-bond acceptors (Lipinski definition) is 5. The van der Waals surface area contributed by atoms with Crippen LogP contribution in [0.25, 0.3) is 0 Å². The third kappa shape index (κ3) is 2.76. The number of likely N-dealkylation sites (N-methyl/N-ethyl adjacent to an activating group) is 1. The summed E-state index contributed by atoms with van der Waals surface area (Å²) in [6.45, 7) is 2.14. The van der Waals surface area contributed by atoms with Crippen molar-refractivity contribution in [3.05, 3.63) is 5.89 Å². The lowest BCUT2D eigenvalue weighted by Gasteiger charge is -2.17. The molecule has 19 heavy (non-hydrogen) atoms. The van der Waals surface area contributed by atoms with Gasteiger partial charge in [0.05, 0.1) is 5.92 Å². The Morgan fingerprint density at radius 3 is 2.63 bits per heavy atom. The molecule has 2 aliphatic rings. The van der Waals surface area contributed by atoms with Crippen molar-refractivity contribution in [1.82, 2.24) is 15.5 Å². The Morgan fingerprint density at radius 2 is 1.89 bits per heavy atom. The molecule has 106 valence electrons. The summed E-state index contributed by atoms with van der Waals surface area (Å²) in [6, 6.07) is 0.498. The molecular weight excluding hydrogens is 240 g/mol. The molecule has 0 amide bonds. The number of nitrogens with zero attached hydrogens (tertiary/aromatic N) is 3. The van der Waals surface area contributed by atoms with E-state index in [4.69, 9.17) is 4.52 Å². The van der Waals surface area contributed by atoms with E-state index in [2.05, 4.69) is 20.4 Å². The van der Waals surface area contributed by atoms with Crippen LogP contribution in [0.3, 0.4) is 0 Å².